The van der Waals surface area contributed by atoms with E-state index in [0.29, 0.717) is 24.3 Å². The van der Waals surface area contributed by atoms with Gasteiger partial charge >= 0.3 is 6.18 Å². The summed E-state index contributed by atoms with van der Waals surface area (Å²) < 4.78 is 72.4. The Balaban J connectivity index is 2.23. The molecule has 140 valence electrons. The average Bonchev–Trinajstić information content (AvgIpc) is 2.61. The Hall–Kier alpha value is -2.29. The molecule has 0 bridgehead atoms. The highest BCUT2D eigenvalue weighted by Crippen LogP contribution is 2.42. The van der Waals surface area contributed by atoms with Crippen molar-refractivity contribution in [2.24, 2.45) is 0 Å². The third-order valence-corrected chi connectivity index (χ3v) is 6.18. The standard InChI is InChI=1S/C17H17F3N2O3S/c1-11-7-8-13(25-2)15-12(11)5-4-10-22(15)26(23,24)14-6-3-9-21-16(14)17(18,19)20/h3,6-9H,4-5,10H2,1-2H3. The van der Waals surface area contributed by atoms with E-state index < -0.39 is 26.8 Å². The summed E-state index contributed by atoms with van der Waals surface area (Å²) in [6, 6.07) is 5.54. The van der Waals surface area contributed by atoms with E-state index in [-0.39, 0.29) is 6.54 Å². The van der Waals surface area contributed by atoms with Crippen molar-refractivity contribution in [1.82, 2.24) is 4.98 Å². The Morgan fingerprint density at radius 1 is 1.23 bits per heavy atom. The summed E-state index contributed by atoms with van der Waals surface area (Å²) in [5.74, 6) is 0.311. The van der Waals surface area contributed by atoms with Gasteiger partial charge in [0, 0.05) is 12.7 Å². The monoisotopic (exact) mass is 386 g/mol. The molecule has 5 nitrogen and oxygen atoms in total. The van der Waals surface area contributed by atoms with Gasteiger partial charge in [-0.1, -0.05) is 6.07 Å². The molecule has 0 fully saturated rings. The number of fused-ring (bicyclic) bond motifs is 1. The van der Waals surface area contributed by atoms with Gasteiger partial charge in [-0.05, 0) is 49.1 Å². The van der Waals surface area contributed by atoms with Crippen LogP contribution < -0.4 is 9.04 Å². The predicted molar refractivity (Wildman–Crippen MR) is 89.8 cm³/mol. The molecule has 0 amide bonds. The maximum atomic E-state index is 13.3. The summed E-state index contributed by atoms with van der Waals surface area (Å²) in [5, 5.41) is 0. The molecule has 1 aromatic heterocycles. The molecular formula is C17H17F3N2O3S. The van der Waals surface area contributed by atoms with Crippen LogP contribution in [0, 0.1) is 6.92 Å². The van der Waals surface area contributed by atoms with E-state index in [9.17, 15) is 21.6 Å². The zero-order valence-electron chi connectivity index (χ0n) is 14.2. The zero-order valence-corrected chi connectivity index (χ0v) is 15.0. The van der Waals surface area contributed by atoms with Crippen LogP contribution in [0.1, 0.15) is 23.2 Å². The van der Waals surface area contributed by atoms with E-state index in [0.717, 1.165) is 27.7 Å². The highest BCUT2D eigenvalue weighted by atomic mass is 32.2. The first-order valence-electron chi connectivity index (χ1n) is 7.89. The molecule has 1 aliphatic heterocycles. The maximum Gasteiger partial charge on any atom is 0.434 e. The topological polar surface area (TPSA) is 59.5 Å². The van der Waals surface area contributed by atoms with Gasteiger partial charge in [0.25, 0.3) is 10.0 Å². The Morgan fingerprint density at radius 2 is 1.96 bits per heavy atom. The van der Waals surface area contributed by atoms with Gasteiger partial charge in [0.2, 0.25) is 0 Å². The zero-order chi connectivity index (χ0) is 19.1. The minimum Gasteiger partial charge on any atom is -0.495 e. The van der Waals surface area contributed by atoms with Crippen molar-refractivity contribution in [1.29, 1.82) is 0 Å². The Morgan fingerprint density at radius 3 is 2.62 bits per heavy atom. The first-order chi connectivity index (χ1) is 12.2. The Kier molecular flexibility index (Phi) is 4.60. The number of benzene rings is 1. The number of pyridine rings is 1. The number of nitrogens with zero attached hydrogens (tertiary/aromatic N) is 2. The molecule has 26 heavy (non-hydrogen) atoms. The first-order valence-corrected chi connectivity index (χ1v) is 9.33. The first kappa shape index (κ1) is 18.5. The van der Waals surface area contributed by atoms with Crippen LogP contribution in [0.4, 0.5) is 18.9 Å². The van der Waals surface area contributed by atoms with Crippen LogP contribution in [-0.2, 0) is 22.6 Å². The lowest BCUT2D eigenvalue weighted by Gasteiger charge is -2.33. The molecule has 2 aromatic rings. The number of ether oxygens (including phenoxy) is 1. The minimum absolute atomic E-state index is 0.0708. The number of hydrogen-bond donors (Lipinski definition) is 0. The number of hydrogen-bond acceptors (Lipinski definition) is 4. The fraction of sp³-hybridized carbons (Fsp3) is 0.353. The van der Waals surface area contributed by atoms with Gasteiger partial charge in [-0.25, -0.2) is 8.42 Å². The fourth-order valence-electron chi connectivity index (χ4n) is 3.15. The van der Waals surface area contributed by atoms with Crippen LogP contribution in [0.25, 0.3) is 0 Å². The van der Waals surface area contributed by atoms with Crippen LogP contribution in [-0.4, -0.2) is 27.1 Å². The van der Waals surface area contributed by atoms with Crippen molar-refractivity contribution >= 4 is 15.7 Å². The van der Waals surface area contributed by atoms with Crippen molar-refractivity contribution in [2.75, 3.05) is 18.0 Å². The molecule has 2 heterocycles. The molecule has 1 aliphatic rings. The lowest BCUT2D eigenvalue weighted by atomic mass is 9.98. The summed E-state index contributed by atoms with van der Waals surface area (Å²) in [7, 11) is -3.07. The van der Waals surface area contributed by atoms with Crippen molar-refractivity contribution in [3.05, 3.63) is 47.3 Å². The molecule has 0 aliphatic carbocycles. The van der Waals surface area contributed by atoms with Gasteiger partial charge in [-0.2, -0.15) is 13.2 Å². The summed E-state index contributed by atoms with van der Waals surface area (Å²) in [6.45, 7) is 1.90. The van der Waals surface area contributed by atoms with E-state index in [2.05, 4.69) is 4.98 Å². The Bertz CT molecular complexity index is 943. The van der Waals surface area contributed by atoms with Crippen molar-refractivity contribution in [2.45, 2.75) is 30.8 Å². The third kappa shape index (κ3) is 3.00. The SMILES string of the molecule is COc1ccc(C)c2c1N(S(=O)(=O)c1cccnc1C(F)(F)F)CCC2. The number of methoxy groups -OCH3 is 1. The number of aryl methyl sites for hydroxylation is 1. The molecule has 9 heteroatoms. The van der Waals surface area contributed by atoms with Gasteiger partial charge in [-0.15, -0.1) is 0 Å². The fourth-order valence-corrected chi connectivity index (χ4v) is 4.86. The van der Waals surface area contributed by atoms with E-state index in [1.807, 2.05) is 6.92 Å². The summed E-state index contributed by atoms with van der Waals surface area (Å²) >= 11 is 0. The molecule has 3 rings (SSSR count). The third-order valence-electron chi connectivity index (χ3n) is 4.34. The molecule has 0 saturated carbocycles. The second kappa shape index (κ2) is 6.46. The van der Waals surface area contributed by atoms with Gasteiger partial charge < -0.3 is 4.74 Å². The number of halogens is 3. The quantitative estimate of drug-likeness (QED) is 0.809. The molecule has 1 aromatic carbocycles. The van der Waals surface area contributed by atoms with Crippen molar-refractivity contribution < 1.29 is 26.3 Å². The minimum atomic E-state index is -4.88. The summed E-state index contributed by atoms with van der Waals surface area (Å²) in [5.41, 5.74) is 0.508. The van der Waals surface area contributed by atoms with Gasteiger partial charge in [-0.3, -0.25) is 9.29 Å². The van der Waals surface area contributed by atoms with Gasteiger partial charge in [0.05, 0.1) is 12.8 Å². The van der Waals surface area contributed by atoms with Crippen LogP contribution in [0.5, 0.6) is 5.75 Å². The lowest BCUT2D eigenvalue weighted by Crippen LogP contribution is -2.37. The van der Waals surface area contributed by atoms with Crippen molar-refractivity contribution in [3.8, 4) is 5.75 Å². The molecule has 0 N–H and O–H groups in total. The van der Waals surface area contributed by atoms with Crippen LogP contribution in [0.2, 0.25) is 0 Å². The normalized spacial score (nSPS) is 14.9. The van der Waals surface area contributed by atoms with Gasteiger partial charge in [0.1, 0.15) is 10.6 Å². The van der Waals surface area contributed by atoms with Crippen LogP contribution in [0.3, 0.4) is 0 Å². The molecule has 0 saturated heterocycles. The lowest BCUT2D eigenvalue weighted by molar-refractivity contribution is -0.143. The Labute approximate surface area is 149 Å². The highest BCUT2D eigenvalue weighted by molar-refractivity contribution is 7.92. The number of aromatic nitrogens is 1. The number of anilines is 1. The largest absolute Gasteiger partial charge is 0.495 e. The number of alkyl halides is 3. The van der Waals surface area contributed by atoms with E-state index in [4.69, 9.17) is 4.74 Å². The molecule has 0 spiro atoms. The number of sulfonamides is 1. The van der Waals surface area contributed by atoms with Gasteiger partial charge in [0.15, 0.2) is 5.69 Å². The smallest absolute Gasteiger partial charge is 0.434 e. The summed E-state index contributed by atoms with van der Waals surface area (Å²) in [6.07, 6.45) is -2.82. The van der Waals surface area contributed by atoms with E-state index >= 15 is 0 Å². The van der Waals surface area contributed by atoms with Crippen LogP contribution >= 0.6 is 0 Å². The molecule has 0 unspecified atom stereocenters. The van der Waals surface area contributed by atoms with Crippen molar-refractivity contribution in [3.63, 3.8) is 0 Å². The predicted octanol–water partition coefficient (Wildman–Crippen LogP) is 3.56. The van der Waals surface area contributed by atoms with E-state index in [1.54, 1.807) is 12.1 Å². The van der Waals surface area contributed by atoms with E-state index in [1.165, 1.54) is 13.2 Å². The number of rotatable bonds is 3. The molecule has 0 radical (unpaired) electrons. The molecule has 0 atom stereocenters. The summed E-state index contributed by atoms with van der Waals surface area (Å²) in [4.78, 5) is 2.41. The van der Waals surface area contributed by atoms with Crippen LogP contribution in [0.15, 0.2) is 35.4 Å². The average molecular weight is 386 g/mol. The maximum absolute atomic E-state index is 13.3. The highest BCUT2D eigenvalue weighted by Gasteiger charge is 2.42. The second-order valence-electron chi connectivity index (χ2n) is 5.94. The second-order valence-corrected chi connectivity index (χ2v) is 7.77. The molecular weight excluding hydrogens is 369 g/mol.